The van der Waals surface area contributed by atoms with Gasteiger partial charge in [-0.1, -0.05) is 33.6 Å². The third-order valence-electron chi connectivity index (χ3n) is 4.58. The number of unbranched alkanes of at least 4 members (excludes halogenated alkanes) is 3. The lowest BCUT2D eigenvalue weighted by Crippen LogP contribution is -2.53. The Morgan fingerprint density at radius 3 is 1.50 bits per heavy atom. The predicted molar refractivity (Wildman–Crippen MR) is 82.2 cm³/mol. The second-order valence-corrected chi connectivity index (χ2v) is 12.4. The Bertz CT molecular complexity index is 369. The van der Waals surface area contributed by atoms with Gasteiger partial charge >= 0.3 is 12.4 Å². The summed E-state index contributed by atoms with van der Waals surface area (Å²) in [6.45, 7) is 10.7. The minimum absolute atomic E-state index is 0.0280. The number of halogens is 7. The van der Waals surface area contributed by atoms with Crippen LogP contribution in [0.4, 0.5) is 30.7 Å². The van der Waals surface area contributed by atoms with E-state index in [-0.39, 0.29) is 11.5 Å². The van der Waals surface area contributed by atoms with Gasteiger partial charge < -0.3 is 4.43 Å². The minimum Gasteiger partial charge on any atom is -0.417 e. The quantitative estimate of drug-likeness (QED) is 0.254. The number of alkyl halides is 7. The van der Waals surface area contributed by atoms with Gasteiger partial charge in [0.1, 0.15) is 0 Å². The Labute approximate surface area is 140 Å². The molecule has 0 unspecified atom stereocenters. The molecule has 0 aromatic heterocycles. The van der Waals surface area contributed by atoms with Crippen molar-refractivity contribution in [3.8, 4) is 0 Å². The second-order valence-electron chi connectivity index (χ2n) is 7.57. The first kappa shape index (κ1) is 23.7. The van der Waals surface area contributed by atoms with E-state index in [9.17, 15) is 30.7 Å². The van der Waals surface area contributed by atoms with Crippen LogP contribution >= 0.6 is 0 Å². The summed E-state index contributed by atoms with van der Waals surface area (Å²) in [6, 6.07) is 0. The molecule has 0 saturated carbocycles. The van der Waals surface area contributed by atoms with Crippen molar-refractivity contribution in [2.24, 2.45) is 0 Å². The maximum Gasteiger partial charge on any atom is 0.431 e. The van der Waals surface area contributed by atoms with Gasteiger partial charge in [-0.2, -0.15) is 26.3 Å². The first-order chi connectivity index (χ1) is 10.5. The van der Waals surface area contributed by atoms with Crippen LogP contribution in [0.2, 0.25) is 18.1 Å². The molecular formula is C15H27F7OSi. The molecule has 24 heavy (non-hydrogen) atoms. The normalized spacial score (nSPS) is 15.0. The molecule has 0 aromatic carbocycles. The van der Waals surface area contributed by atoms with Crippen molar-refractivity contribution in [1.82, 2.24) is 0 Å². The van der Waals surface area contributed by atoms with Crippen molar-refractivity contribution >= 4 is 8.32 Å². The van der Waals surface area contributed by atoms with Crippen molar-refractivity contribution in [2.45, 2.75) is 89.0 Å². The highest BCUT2D eigenvalue weighted by Gasteiger charge is 2.71. The summed E-state index contributed by atoms with van der Waals surface area (Å²) in [5, 5.41) is 0.0280. The summed E-state index contributed by atoms with van der Waals surface area (Å²) >= 11 is 0. The molecule has 0 aliphatic heterocycles. The van der Waals surface area contributed by atoms with E-state index in [1.165, 1.54) is 0 Å². The lowest BCUT2D eigenvalue weighted by molar-refractivity contribution is -0.343. The Morgan fingerprint density at radius 1 is 0.708 bits per heavy atom. The standard InChI is InChI=1S/C15H27F7OSi/c1-12(2,3)24(4,5)23-11-9-7-6-8-10-13(16,14(17,18)19)15(20,21)22/h6-11H2,1-5H3. The smallest absolute Gasteiger partial charge is 0.417 e. The van der Waals surface area contributed by atoms with E-state index in [0.29, 0.717) is 19.4 Å². The SMILES string of the molecule is CC(C)(C)[Si](C)(C)OCCCCCCC(F)(C(F)(F)F)C(F)(F)F. The molecule has 0 heterocycles. The van der Waals surface area contributed by atoms with E-state index < -0.39 is 39.2 Å². The van der Waals surface area contributed by atoms with Gasteiger partial charge in [-0.3, -0.25) is 0 Å². The number of hydrogen-bond donors (Lipinski definition) is 0. The van der Waals surface area contributed by atoms with Crippen LogP contribution in [0.1, 0.15) is 52.9 Å². The summed E-state index contributed by atoms with van der Waals surface area (Å²) in [7, 11) is -1.91. The van der Waals surface area contributed by atoms with Crippen LogP contribution < -0.4 is 0 Å². The van der Waals surface area contributed by atoms with Crippen LogP contribution in [0.5, 0.6) is 0 Å². The molecule has 9 heteroatoms. The fourth-order valence-corrected chi connectivity index (χ4v) is 2.90. The fraction of sp³-hybridized carbons (Fsp3) is 1.00. The molecule has 0 rings (SSSR count). The van der Waals surface area contributed by atoms with Gasteiger partial charge in [-0.15, -0.1) is 0 Å². The summed E-state index contributed by atoms with van der Waals surface area (Å²) in [6.07, 6.45) is -12.9. The molecule has 0 fully saturated rings. The van der Waals surface area contributed by atoms with Gasteiger partial charge in [0.15, 0.2) is 8.32 Å². The van der Waals surface area contributed by atoms with Gasteiger partial charge in [0.05, 0.1) is 0 Å². The van der Waals surface area contributed by atoms with Crippen LogP contribution in [0.25, 0.3) is 0 Å². The van der Waals surface area contributed by atoms with Gasteiger partial charge in [0.2, 0.25) is 0 Å². The second kappa shape index (κ2) is 7.93. The highest BCUT2D eigenvalue weighted by molar-refractivity contribution is 6.74. The molecule has 0 saturated heterocycles. The average molecular weight is 384 g/mol. The maximum atomic E-state index is 13.4. The summed E-state index contributed by atoms with van der Waals surface area (Å²) < 4.78 is 93.4. The largest absolute Gasteiger partial charge is 0.431 e. The van der Waals surface area contributed by atoms with E-state index in [1.54, 1.807) is 0 Å². The van der Waals surface area contributed by atoms with Gasteiger partial charge in [0, 0.05) is 6.61 Å². The third-order valence-corrected chi connectivity index (χ3v) is 9.12. The van der Waals surface area contributed by atoms with Crippen molar-refractivity contribution in [3.05, 3.63) is 0 Å². The van der Waals surface area contributed by atoms with Crippen molar-refractivity contribution < 1.29 is 35.2 Å². The molecule has 0 N–H and O–H groups in total. The van der Waals surface area contributed by atoms with Crippen LogP contribution in [0.15, 0.2) is 0 Å². The van der Waals surface area contributed by atoms with Crippen LogP contribution in [0.3, 0.4) is 0 Å². The highest BCUT2D eigenvalue weighted by atomic mass is 28.4. The van der Waals surface area contributed by atoms with Crippen LogP contribution in [0, 0.1) is 0 Å². The lowest BCUT2D eigenvalue weighted by atomic mass is 9.96. The number of rotatable bonds is 8. The molecule has 1 nitrogen and oxygen atoms in total. The zero-order valence-electron chi connectivity index (χ0n) is 14.8. The lowest BCUT2D eigenvalue weighted by Gasteiger charge is -2.36. The Kier molecular flexibility index (Phi) is 7.82. The summed E-state index contributed by atoms with van der Waals surface area (Å²) in [5.41, 5.74) is -5.13. The molecule has 0 aliphatic carbocycles. The van der Waals surface area contributed by atoms with E-state index in [0.717, 1.165) is 0 Å². The molecule has 0 bridgehead atoms. The molecule has 0 aromatic rings. The summed E-state index contributed by atoms with van der Waals surface area (Å²) in [4.78, 5) is 0. The van der Waals surface area contributed by atoms with Crippen molar-refractivity contribution in [1.29, 1.82) is 0 Å². The monoisotopic (exact) mass is 384 g/mol. The molecule has 0 atom stereocenters. The molecule has 0 spiro atoms. The predicted octanol–water partition coefficient (Wildman–Crippen LogP) is 6.79. The average Bonchev–Trinajstić information content (AvgIpc) is 2.33. The minimum atomic E-state index is -5.95. The maximum absolute atomic E-state index is 13.4. The number of hydrogen-bond acceptors (Lipinski definition) is 1. The van der Waals surface area contributed by atoms with Crippen LogP contribution in [-0.2, 0) is 4.43 Å². The Morgan fingerprint density at radius 2 is 1.12 bits per heavy atom. The van der Waals surface area contributed by atoms with Crippen LogP contribution in [-0.4, -0.2) is 32.9 Å². The van der Waals surface area contributed by atoms with E-state index in [4.69, 9.17) is 4.43 Å². The first-order valence-electron chi connectivity index (χ1n) is 7.92. The molecule has 0 amide bonds. The van der Waals surface area contributed by atoms with Crippen molar-refractivity contribution in [3.63, 3.8) is 0 Å². The Hall–Kier alpha value is -0.313. The third kappa shape index (κ3) is 6.20. The highest BCUT2D eigenvalue weighted by Crippen LogP contribution is 2.49. The zero-order chi connectivity index (χ0) is 19.4. The fourth-order valence-electron chi connectivity index (χ4n) is 1.81. The molecule has 146 valence electrons. The molecule has 0 aliphatic rings. The van der Waals surface area contributed by atoms with E-state index >= 15 is 0 Å². The molecule has 0 radical (unpaired) electrons. The van der Waals surface area contributed by atoms with Gasteiger partial charge in [0.25, 0.3) is 5.67 Å². The zero-order valence-corrected chi connectivity index (χ0v) is 15.8. The summed E-state index contributed by atoms with van der Waals surface area (Å²) in [5.74, 6) is 0. The van der Waals surface area contributed by atoms with E-state index in [1.807, 2.05) is 0 Å². The Balaban J connectivity index is 4.23. The van der Waals surface area contributed by atoms with Crippen molar-refractivity contribution in [2.75, 3.05) is 6.61 Å². The van der Waals surface area contributed by atoms with E-state index in [2.05, 4.69) is 33.9 Å². The molecular weight excluding hydrogens is 357 g/mol. The van der Waals surface area contributed by atoms with Gasteiger partial charge in [-0.25, -0.2) is 4.39 Å². The topological polar surface area (TPSA) is 9.23 Å². The first-order valence-corrected chi connectivity index (χ1v) is 10.8. The van der Waals surface area contributed by atoms with Gasteiger partial charge in [-0.05, 0) is 37.4 Å².